The first-order valence-corrected chi connectivity index (χ1v) is 9.08. The Morgan fingerprint density at radius 3 is 2.67 bits per heavy atom. The zero-order valence-corrected chi connectivity index (χ0v) is 15.3. The molecule has 9 heteroatoms. The van der Waals surface area contributed by atoms with Crippen LogP contribution in [0.4, 0.5) is 5.82 Å². The number of aliphatic carboxylic acids is 1. The van der Waals surface area contributed by atoms with Gasteiger partial charge in [0.25, 0.3) is 5.56 Å². The Kier molecular flexibility index (Phi) is 5.38. The minimum Gasteiger partial charge on any atom is -0.550 e. The molecule has 0 spiro atoms. The fourth-order valence-corrected chi connectivity index (χ4v) is 3.47. The van der Waals surface area contributed by atoms with E-state index in [1.54, 1.807) is 13.0 Å². The lowest BCUT2D eigenvalue weighted by Gasteiger charge is -2.31. The Morgan fingerprint density at radius 2 is 2.00 bits per heavy atom. The van der Waals surface area contributed by atoms with Crippen molar-refractivity contribution in [3.8, 4) is 5.95 Å². The van der Waals surface area contributed by atoms with E-state index in [9.17, 15) is 19.5 Å². The van der Waals surface area contributed by atoms with Gasteiger partial charge < -0.3 is 15.2 Å². The maximum absolute atomic E-state index is 12.7. The summed E-state index contributed by atoms with van der Waals surface area (Å²) < 4.78 is 1.35. The molecule has 0 bridgehead atoms. The molecule has 0 aromatic carbocycles. The van der Waals surface area contributed by atoms with Crippen molar-refractivity contribution < 1.29 is 14.7 Å². The van der Waals surface area contributed by atoms with E-state index in [1.807, 2.05) is 6.92 Å². The number of carboxylic acids is 1. The molecule has 9 nitrogen and oxygen atoms in total. The van der Waals surface area contributed by atoms with E-state index >= 15 is 0 Å². The second kappa shape index (κ2) is 7.73. The van der Waals surface area contributed by atoms with Gasteiger partial charge in [0.05, 0.1) is 5.69 Å². The number of anilines is 1. The molecule has 3 rings (SSSR count). The van der Waals surface area contributed by atoms with E-state index in [0.29, 0.717) is 36.5 Å². The fraction of sp³-hybridized carbons (Fsp3) is 0.500. The van der Waals surface area contributed by atoms with Crippen LogP contribution in [0.1, 0.15) is 44.0 Å². The van der Waals surface area contributed by atoms with Crippen molar-refractivity contribution in [2.24, 2.45) is 11.8 Å². The highest BCUT2D eigenvalue weighted by Crippen LogP contribution is 2.31. The Morgan fingerprint density at radius 1 is 1.30 bits per heavy atom. The Hall–Kier alpha value is -2.97. The summed E-state index contributed by atoms with van der Waals surface area (Å²) in [5, 5.41) is 18.4. The molecular formula is C18H22N5O4-. The number of aromatic nitrogens is 4. The highest BCUT2D eigenvalue weighted by atomic mass is 16.4. The third kappa shape index (κ3) is 4.07. The smallest absolute Gasteiger partial charge is 0.252 e. The lowest BCUT2D eigenvalue weighted by Crippen LogP contribution is -2.42. The Labute approximate surface area is 155 Å². The second-order valence-corrected chi connectivity index (χ2v) is 6.80. The van der Waals surface area contributed by atoms with Crippen LogP contribution in [-0.4, -0.2) is 31.6 Å². The molecular weight excluding hydrogens is 350 g/mol. The van der Waals surface area contributed by atoms with Gasteiger partial charge in [-0.1, -0.05) is 19.8 Å². The van der Waals surface area contributed by atoms with Crippen LogP contribution in [0.5, 0.6) is 0 Å². The van der Waals surface area contributed by atoms with Crippen molar-refractivity contribution in [3.63, 3.8) is 0 Å². The lowest BCUT2D eigenvalue weighted by atomic mass is 9.79. The van der Waals surface area contributed by atoms with Crippen LogP contribution in [0.2, 0.25) is 0 Å². The lowest BCUT2D eigenvalue weighted by molar-refractivity contribution is -0.313. The maximum Gasteiger partial charge on any atom is 0.252 e. The summed E-state index contributed by atoms with van der Waals surface area (Å²) in [6.07, 6.45) is 3.08. The molecule has 1 amide bonds. The maximum atomic E-state index is 12.7. The van der Waals surface area contributed by atoms with Crippen molar-refractivity contribution in [1.29, 1.82) is 0 Å². The monoisotopic (exact) mass is 372 g/mol. The van der Waals surface area contributed by atoms with Crippen LogP contribution >= 0.6 is 0 Å². The standard InChI is InChI=1S/C18H23N5O4/c1-3-11-9-15(24)21-18(19-11)23-14(8-10(2)22-23)20-16(25)12-6-4-5-7-13(12)17(26)27/h8-9,12-13H,3-7H2,1-2H3,(H,20,25)(H,26,27)(H,19,21,24)/p-1/t12-,13-/m0/s1. The number of aryl methyl sites for hydroxylation is 2. The first kappa shape index (κ1) is 18.8. The molecule has 0 radical (unpaired) electrons. The van der Waals surface area contributed by atoms with Gasteiger partial charge in [-0.25, -0.2) is 4.98 Å². The molecule has 1 aliphatic carbocycles. The second-order valence-electron chi connectivity index (χ2n) is 6.80. The summed E-state index contributed by atoms with van der Waals surface area (Å²) in [6.45, 7) is 3.63. The molecule has 2 aromatic heterocycles. The predicted octanol–water partition coefficient (Wildman–Crippen LogP) is 0.321. The number of amides is 1. The number of rotatable bonds is 5. The molecule has 1 saturated carbocycles. The topological polar surface area (TPSA) is 133 Å². The summed E-state index contributed by atoms with van der Waals surface area (Å²) in [4.78, 5) is 42.9. The molecule has 0 saturated heterocycles. The zero-order valence-electron chi connectivity index (χ0n) is 15.3. The number of aromatic amines is 1. The zero-order chi connectivity index (χ0) is 19.6. The van der Waals surface area contributed by atoms with Crippen molar-refractivity contribution >= 4 is 17.7 Å². The molecule has 0 aliphatic heterocycles. The highest BCUT2D eigenvalue weighted by Gasteiger charge is 2.32. The minimum absolute atomic E-state index is 0.197. The van der Waals surface area contributed by atoms with Crippen molar-refractivity contribution in [3.05, 3.63) is 33.9 Å². The van der Waals surface area contributed by atoms with Gasteiger partial charge in [-0.15, -0.1) is 0 Å². The summed E-state index contributed by atoms with van der Waals surface area (Å²) in [7, 11) is 0. The minimum atomic E-state index is -1.19. The largest absolute Gasteiger partial charge is 0.550 e. The first-order chi connectivity index (χ1) is 12.9. The molecule has 1 fully saturated rings. The molecule has 0 unspecified atom stereocenters. The third-order valence-corrected chi connectivity index (χ3v) is 4.83. The molecule has 2 atom stereocenters. The number of H-pyrrole nitrogens is 1. The van der Waals surface area contributed by atoms with Crippen LogP contribution in [0.25, 0.3) is 5.95 Å². The number of hydrogen-bond acceptors (Lipinski definition) is 6. The molecule has 2 heterocycles. The molecule has 1 aliphatic rings. The van der Waals surface area contributed by atoms with Gasteiger partial charge in [0.2, 0.25) is 11.9 Å². The summed E-state index contributed by atoms with van der Waals surface area (Å²) in [5.41, 5.74) is 0.907. The van der Waals surface area contributed by atoms with Crippen LogP contribution in [0, 0.1) is 18.8 Å². The average Bonchev–Trinajstić information content (AvgIpc) is 3.01. The number of nitrogens with one attached hydrogen (secondary N) is 2. The molecule has 2 aromatic rings. The van der Waals surface area contributed by atoms with Crippen molar-refractivity contribution in [2.45, 2.75) is 46.0 Å². The van der Waals surface area contributed by atoms with E-state index in [2.05, 4.69) is 20.4 Å². The average molecular weight is 372 g/mol. The SMILES string of the molecule is CCc1cc(=O)[nH]c(-n2nc(C)cc2NC(=O)[C@H]2CCCC[C@@H]2C(=O)[O-])n1. The van der Waals surface area contributed by atoms with Gasteiger partial charge in [0, 0.05) is 35.6 Å². The Balaban J connectivity index is 1.90. The van der Waals surface area contributed by atoms with Gasteiger partial charge in [-0.05, 0) is 26.2 Å². The van der Waals surface area contributed by atoms with Gasteiger partial charge in [-0.3, -0.25) is 14.6 Å². The van der Waals surface area contributed by atoms with Crippen LogP contribution in [-0.2, 0) is 16.0 Å². The quantitative estimate of drug-likeness (QED) is 0.777. The number of carbonyl (C=O) groups excluding carboxylic acids is 2. The number of carbonyl (C=O) groups is 2. The van der Waals surface area contributed by atoms with Crippen molar-refractivity contribution in [1.82, 2.24) is 19.7 Å². The highest BCUT2D eigenvalue weighted by molar-refractivity contribution is 5.94. The van der Waals surface area contributed by atoms with Gasteiger partial charge in [-0.2, -0.15) is 9.78 Å². The fourth-order valence-electron chi connectivity index (χ4n) is 3.47. The van der Waals surface area contributed by atoms with Gasteiger partial charge in [0.1, 0.15) is 5.82 Å². The summed E-state index contributed by atoms with van der Waals surface area (Å²) >= 11 is 0. The number of carboxylic acid groups (broad SMARTS) is 1. The summed E-state index contributed by atoms with van der Waals surface area (Å²) in [6, 6.07) is 3.05. The molecule has 2 N–H and O–H groups in total. The first-order valence-electron chi connectivity index (χ1n) is 9.08. The van der Waals surface area contributed by atoms with E-state index in [4.69, 9.17) is 0 Å². The van der Waals surface area contributed by atoms with Crippen LogP contribution < -0.4 is 16.0 Å². The van der Waals surface area contributed by atoms with Crippen molar-refractivity contribution in [2.75, 3.05) is 5.32 Å². The normalized spacial score (nSPS) is 19.6. The number of hydrogen-bond donors (Lipinski definition) is 2. The van der Waals surface area contributed by atoms with E-state index < -0.39 is 17.8 Å². The summed E-state index contributed by atoms with van der Waals surface area (Å²) in [5.74, 6) is -2.50. The predicted molar refractivity (Wildman–Crippen MR) is 95.2 cm³/mol. The third-order valence-electron chi connectivity index (χ3n) is 4.83. The van der Waals surface area contributed by atoms with E-state index in [-0.39, 0.29) is 17.4 Å². The van der Waals surface area contributed by atoms with E-state index in [0.717, 1.165) is 12.8 Å². The molecule has 144 valence electrons. The van der Waals surface area contributed by atoms with E-state index in [1.165, 1.54) is 10.7 Å². The molecule has 27 heavy (non-hydrogen) atoms. The van der Waals surface area contributed by atoms with Gasteiger partial charge in [0.15, 0.2) is 0 Å². The number of nitrogens with zero attached hydrogens (tertiary/aromatic N) is 3. The Bertz CT molecular complexity index is 917. The van der Waals surface area contributed by atoms with Gasteiger partial charge >= 0.3 is 0 Å². The van der Waals surface area contributed by atoms with Crippen LogP contribution in [0.3, 0.4) is 0 Å². The van der Waals surface area contributed by atoms with Crippen LogP contribution in [0.15, 0.2) is 16.9 Å².